The van der Waals surface area contributed by atoms with Crippen LogP contribution >= 0.6 is 0 Å². The van der Waals surface area contributed by atoms with Gasteiger partial charge < -0.3 is 10.0 Å². The molecule has 1 saturated heterocycles. The van der Waals surface area contributed by atoms with Gasteiger partial charge in [0.1, 0.15) is 0 Å². The number of likely N-dealkylation sites (tertiary alicyclic amines) is 1. The Morgan fingerprint density at radius 2 is 1.90 bits per heavy atom. The van der Waals surface area contributed by atoms with E-state index < -0.39 is 6.10 Å². The fraction of sp³-hybridized carbons (Fsp3) is 0.500. The second-order valence-electron chi connectivity index (χ2n) is 5.84. The topological polar surface area (TPSA) is 69.6 Å². The second kappa shape index (κ2) is 5.95. The Balaban J connectivity index is 1.70. The maximum Gasteiger partial charge on any atom is 0.259 e. The SMILES string of the molecule is O=C1NC(=O)c2c(CC(O)CN3CCCCC3)cccc21. The van der Waals surface area contributed by atoms with Crippen molar-refractivity contribution in [1.82, 2.24) is 10.2 Å². The first-order valence-electron chi connectivity index (χ1n) is 7.53. The van der Waals surface area contributed by atoms with Gasteiger partial charge in [-0.3, -0.25) is 14.9 Å². The first-order chi connectivity index (χ1) is 10.1. The van der Waals surface area contributed by atoms with Crippen molar-refractivity contribution in [2.45, 2.75) is 31.8 Å². The highest BCUT2D eigenvalue weighted by Crippen LogP contribution is 2.21. The number of hydrogen-bond acceptors (Lipinski definition) is 4. The molecule has 2 aliphatic rings. The fourth-order valence-electron chi connectivity index (χ4n) is 3.22. The molecule has 5 nitrogen and oxygen atoms in total. The number of amides is 2. The van der Waals surface area contributed by atoms with Crippen LogP contribution < -0.4 is 5.32 Å². The summed E-state index contributed by atoms with van der Waals surface area (Å²) in [7, 11) is 0. The van der Waals surface area contributed by atoms with E-state index in [2.05, 4.69) is 10.2 Å². The molecule has 1 aromatic rings. The molecule has 0 aromatic heterocycles. The molecule has 2 N–H and O–H groups in total. The third-order valence-electron chi connectivity index (χ3n) is 4.22. The van der Waals surface area contributed by atoms with Gasteiger partial charge in [0.05, 0.1) is 17.2 Å². The van der Waals surface area contributed by atoms with E-state index in [0.717, 1.165) is 18.7 Å². The maximum atomic E-state index is 11.8. The second-order valence-corrected chi connectivity index (χ2v) is 5.84. The van der Waals surface area contributed by atoms with Gasteiger partial charge in [-0.25, -0.2) is 0 Å². The van der Waals surface area contributed by atoms with Gasteiger partial charge in [-0.15, -0.1) is 0 Å². The van der Waals surface area contributed by atoms with Crippen molar-refractivity contribution >= 4 is 11.8 Å². The number of aliphatic hydroxyl groups excluding tert-OH is 1. The van der Waals surface area contributed by atoms with Crippen molar-refractivity contribution in [2.24, 2.45) is 0 Å². The minimum absolute atomic E-state index is 0.345. The van der Waals surface area contributed by atoms with Crippen LogP contribution in [0, 0.1) is 0 Å². The summed E-state index contributed by atoms with van der Waals surface area (Å²) in [6.07, 6.45) is 3.52. The Morgan fingerprint density at radius 3 is 2.67 bits per heavy atom. The van der Waals surface area contributed by atoms with Crippen LogP contribution in [0.3, 0.4) is 0 Å². The van der Waals surface area contributed by atoms with E-state index >= 15 is 0 Å². The van der Waals surface area contributed by atoms with Gasteiger partial charge in [0.25, 0.3) is 11.8 Å². The van der Waals surface area contributed by atoms with Crippen molar-refractivity contribution in [3.05, 3.63) is 34.9 Å². The molecule has 0 saturated carbocycles. The van der Waals surface area contributed by atoms with Gasteiger partial charge in [0.15, 0.2) is 0 Å². The van der Waals surface area contributed by atoms with Crippen LogP contribution in [-0.4, -0.2) is 47.6 Å². The molecule has 0 radical (unpaired) electrons. The van der Waals surface area contributed by atoms with E-state index in [0.29, 0.717) is 24.1 Å². The summed E-state index contributed by atoms with van der Waals surface area (Å²) in [5, 5.41) is 12.6. The number of piperidine rings is 1. The number of rotatable bonds is 4. The summed E-state index contributed by atoms with van der Waals surface area (Å²) in [5.74, 6) is -0.696. The number of fused-ring (bicyclic) bond motifs is 1. The third kappa shape index (κ3) is 2.99. The van der Waals surface area contributed by atoms with E-state index in [9.17, 15) is 14.7 Å². The largest absolute Gasteiger partial charge is 0.391 e. The highest BCUT2D eigenvalue weighted by molar-refractivity contribution is 6.22. The van der Waals surface area contributed by atoms with Gasteiger partial charge in [0, 0.05) is 13.0 Å². The molecular formula is C16H20N2O3. The lowest BCUT2D eigenvalue weighted by atomic mass is 9.97. The smallest absolute Gasteiger partial charge is 0.259 e. The quantitative estimate of drug-likeness (QED) is 0.810. The lowest BCUT2D eigenvalue weighted by Gasteiger charge is -2.28. The first-order valence-corrected chi connectivity index (χ1v) is 7.53. The number of aliphatic hydroxyl groups is 1. The third-order valence-corrected chi connectivity index (χ3v) is 4.22. The Morgan fingerprint density at radius 1 is 1.14 bits per heavy atom. The molecule has 1 fully saturated rings. The standard InChI is InChI=1S/C16H20N2O3/c19-12(10-18-7-2-1-3-8-18)9-11-5-4-6-13-14(11)16(21)17-15(13)20/h4-6,12,19H,1-3,7-10H2,(H,17,20,21). The van der Waals surface area contributed by atoms with E-state index in [-0.39, 0.29) is 11.8 Å². The predicted octanol–water partition coefficient (Wildman–Crippen LogP) is 0.959. The molecule has 2 amide bonds. The van der Waals surface area contributed by atoms with Gasteiger partial charge >= 0.3 is 0 Å². The van der Waals surface area contributed by atoms with Gasteiger partial charge in [-0.05, 0) is 37.6 Å². The fourth-order valence-corrected chi connectivity index (χ4v) is 3.22. The van der Waals surface area contributed by atoms with Crippen molar-refractivity contribution in [3.8, 4) is 0 Å². The number of benzene rings is 1. The average Bonchev–Trinajstić information content (AvgIpc) is 2.76. The predicted molar refractivity (Wildman–Crippen MR) is 78.2 cm³/mol. The van der Waals surface area contributed by atoms with Crippen LogP contribution in [0.5, 0.6) is 0 Å². The van der Waals surface area contributed by atoms with Crippen molar-refractivity contribution < 1.29 is 14.7 Å². The Labute approximate surface area is 123 Å². The van der Waals surface area contributed by atoms with Gasteiger partial charge in [-0.2, -0.15) is 0 Å². The minimum Gasteiger partial charge on any atom is -0.391 e. The van der Waals surface area contributed by atoms with Crippen LogP contribution in [0.25, 0.3) is 0 Å². The molecule has 5 heteroatoms. The number of carbonyl (C=O) groups is 2. The molecule has 3 rings (SSSR count). The van der Waals surface area contributed by atoms with Gasteiger partial charge in [0.2, 0.25) is 0 Å². The van der Waals surface area contributed by atoms with E-state index in [4.69, 9.17) is 0 Å². The van der Waals surface area contributed by atoms with Crippen LogP contribution in [0.15, 0.2) is 18.2 Å². The number of nitrogens with zero attached hydrogens (tertiary/aromatic N) is 1. The molecule has 1 atom stereocenters. The Kier molecular flexibility index (Phi) is 4.03. The highest BCUT2D eigenvalue weighted by Gasteiger charge is 2.29. The van der Waals surface area contributed by atoms with E-state index in [1.807, 2.05) is 6.07 Å². The zero-order chi connectivity index (χ0) is 14.8. The monoisotopic (exact) mass is 288 g/mol. The normalized spacial score (nSPS) is 20.2. The number of β-amino-alcohol motifs (C(OH)–C–C–N with tert-alkyl or cyclic N) is 1. The van der Waals surface area contributed by atoms with Crippen molar-refractivity contribution in [2.75, 3.05) is 19.6 Å². The summed E-state index contributed by atoms with van der Waals surface area (Å²) in [6.45, 7) is 2.69. The Hall–Kier alpha value is -1.72. The van der Waals surface area contributed by atoms with Crippen LogP contribution in [-0.2, 0) is 6.42 Å². The number of hydrogen-bond donors (Lipinski definition) is 2. The molecule has 0 bridgehead atoms. The number of carbonyl (C=O) groups excluding carboxylic acids is 2. The highest BCUT2D eigenvalue weighted by atomic mass is 16.3. The van der Waals surface area contributed by atoms with Crippen molar-refractivity contribution in [1.29, 1.82) is 0 Å². The molecule has 0 aliphatic carbocycles. The van der Waals surface area contributed by atoms with Crippen LogP contribution in [0.2, 0.25) is 0 Å². The summed E-state index contributed by atoms with van der Waals surface area (Å²) in [6, 6.07) is 5.23. The summed E-state index contributed by atoms with van der Waals surface area (Å²) >= 11 is 0. The molecule has 1 unspecified atom stereocenters. The van der Waals surface area contributed by atoms with Crippen molar-refractivity contribution in [3.63, 3.8) is 0 Å². The molecule has 0 spiro atoms. The molecule has 1 aromatic carbocycles. The lowest BCUT2D eigenvalue weighted by Crippen LogP contribution is -2.37. The summed E-state index contributed by atoms with van der Waals surface area (Å²) in [4.78, 5) is 25.7. The molecular weight excluding hydrogens is 268 g/mol. The summed E-state index contributed by atoms with van der Waals surface area (Å²) in [5.41, 5.74) is 1.60. The van der Waals surface area contributed by atoms with Crippen LogP contribution in [0.4, 0.5) is 0 Å². The average molecular weight is 288 g/mol. The van der Waals surface area contributed by atoms with Crippen LogP contribution in [0.1, 0.15) is 45.5 Å². The summed E-state index contributed by atoms with van der Waals surface area (Å²) < 4.78 is 0. The Bertz CT molecular complexity index is 565. The number of nitrogens with one attached hydrogen (secondary N) is 1. The van der Waals surface area contributed by atoms with E-state index in [1.165, 1.54) is 19.3 Å². The lowest BCUT2D eigenvalue weighted by molar-refractivity contribution is 0.0878. The zero-order valence-electron chi connectivity index (χ0n) is 12.0. The molecule has 21 heavy (non-hydrogen) atoms. The van der Waals surface area contributed by atoms with E-state index in [1.54, 1.807) is 12.1 Å². The molecule has 2 aliphatic heterocycles. The zero-order valence-corrected chi connectivity index (χ0v) is 12.0. The molecule has 112 valence electrons. The maximum absolute atomic E-state index is 11.8. The number of imide groups is 1. The first kappa shape index (κ1) is 14.2. The minimum atomic E-state index is -0.516. The van der Waals surface area contributed by atoms with Gasteiger partial charge in [-0.1, -0.05) is 18.6 Å². The molecule has 2 heterocycles.